The summed E-state index contributed by atoms with van der Waals surface area (Å²) >= 11 is 2.07. The molecule has 2 heterocycles. The van der Waals surface area contributed by atoms with E-state index < -0.39 is 0 Å². The second-order valence-corrected chi connectivity index (χ2v) is 6.46. The predicted octanol–water partition coefficient (Wildman–Crippen LogP) is 2.78. The van der Waals surface area contributed by atoms with Crippen LogP contribution in [0.15, 0.2) is 40.5 Å². The van der Waals surface area contributed by atoms with E-state index in [1.54, 1.807) is 6.26 Å². The number of rotatable bonds is 6. The highest BCUT2D eigenvalue weighted by Gasteiger charge is 2.21. The zero-order valence-electron chi connectivity index (χ0n) is 12.8. The molecule has 0 spiro atoms. The number of aliphatic imine (C=N–C) groups is 1. The van der Waals surface area contributed by atoms with Gasteiger partial charge in [-0.2, -0.15) is 11.8 Å². The van der Waals surface area contributed by atoms with Crippen LogP contribution >= 0.6 is 11.8 Å². The lowest BCUT2D eigenvalue weighted by Gasteiger charge is -2.34. The van der Waals surface area contributed by atoms with Crippen LogP contribution in [0, 0.1) is 0 Å². The average Bonchev–Trinajstić information content (AvgIpc) is 3.04. The van der Waals surface area contributed by atoms with Crippen LogP contribution in [0.2, 0.25) is 0 Å². The zero-order chi connectivity index (χ0) is 14.9. The molecule has 1 fully saturated rings. The minimum absolute atomic E-state index is 0.708. The van der Waals surface area contributed by atoms with Crippen LogP contribution in [0.3, 0.4) is 0 Å². The summed E-state index contributed by atoms with van der Waals surface area (Å²) in [6.07, 6.45) is 5.63. The molecule has 0 bridgehead atoms. The van der Waals surface area contributed by atoms with Gasteiger partial charge in [0.05, 0.1) is 6.26 Å². The Hall–Kier alpha value is -1.36. The number of furan rings is 1. The molecule has 0 radical (unpaired) electrons. The van der Waals surface area contributed by atoms with Crippen molar-refractivity contribution in [2.75, 3.05) is 31.9 Å². The summed E-state index contributed by atoms with van der Waals surface area (Å²) in [6, 6.07) is 3.92. The second kappa shape index (κ2) is 8.82. The molecule has 2 rings (SSSR count). The van der Waals surface area contributed by atoms with E-state index in [0.29, 0.717) is 5.25 Å². The van der Waals surface area contributed by atoms with Crippen molar-refractivity contribution in [3.8, 4) is 0 Å². The van der Waals surface area contributed by atoms with Crippen LogP contribution in [0.5, 0.6) is 0 Å². The van der Waals surface area contributed by atoms with E-state index in [-0.39, 0.29) is 0 Å². The molecule has 0 saturated carbocycles. The van der Waals surface area contributed by atoms with Crippen LogP contribution < -0.4 is 5.32 Å². The van der Waals surface area contributed by atoms with Crippen LogP contribution in [0.25, 0.3) is 0 Å². The van der Waals surface area contributed by atoms with Gasteiger partial charge in [0, 0.05) is 43.6 Å². The SMILES string of the molecule is C=CCNC(=NCCc1ccco1)N1CCSC(CC)C1. The van der Waals surface area contributed by atoms with Crippen LogP contribution in [-0.4, -0.2) is 48.0 Å². The summed E-state index contributed by atoms with van der Waals surface area (Å²) in [5.74, 6) is 3.16. The van der Waals surface area contributed by atoms with Gasteiger partial charge in [0.25, 0.3) is 0 Å². The average molecular weight is 307 g/mol. The molecule has 1 aromatic heterocycles. The lowest BCUT2D eigenvalue weighted by Crippen LogP contribution is -2.48. The molecule has 1 saturated heterocycles. The third-order valence-corrected chi connectivity index (χ3v) is 4.87. The van der Waals surface area contributed by atoms with Gasteiger partial charge in [-0.05, 0) is 18.6 Å². The van der Waals surface area contributed by atoms with Crippen molar-refractivity contribution < 1.29 is 4.42 Å². The van der Waals surface area contributed by atoms with Crippen LogP contribution in [0.1, 0.15) is 19.1 Å². The van der Waals surface area contributed by atoms with Gasteiger partial charge in [-0.3, -0.25) is 4.99 Å². The fourth-order valence-electron chi connectivity index (χ4n) is 2.32. The summed E-state index contributed by atoms with van der Waals surface area (Å²) in [5.41, 5.74) is 0. The van der Waals surface area contributed by atoms with E-state index >= 15 is 0 Å². The lowest BCUT2D eigenvalue weighted by atomic mass is 10.3. The van der Waals surface area contributed by atoms with E-state index in [1.807, 2.05) is 18.2 Å². The minimum Gasteiger partial charge on any atom is -0.469 e. The Kier molecular flexibility index (Phi) is 6.73. The monoisotopic (exact) mass is 307 g/mol. The summed E-state index contributed by atoms with van der Waals surface area (Å²) in [4.78, 5) is 7.11. The maximum atomic E-state index is 5.35. The topological polar surface area (TPSA) is 40.8 Å². The van der Waals surface area contributed by atoms with Gasteiger partial charge in [0.15, 0.2) is 5.96 Å². The van der Waals surface area contributed by atoms with Crippen molar-refractivity contribution in [1.29, 1.82) is 0 Å². The maximum absolute atomic E-state index is 5.35. The quantitative estimate of drug-likeness (QED) is 0.498. The minimum atomic E-state index is 0.708. The van der Waals surface area contributed by atoms with Gasteiger partial charge in [-0.25, -0.2) is 0 Å². The van der Waals surface area contributed by atoms with Crippen molar-refractivity contribution in [2.24, 2.45) is 4.99 Å². The van der Waals surface area contributed by atoms with Gasteiger partial charge in [-0.1, -0.05) is 13.0 Å². The molecule has 0 aliphatic carbocycles. The van der Waals surface area contributed by atoms with E-state index in [4.69, 9.17) is 9.41 Å². The van der Waals surface area contributed by atoms with Crippen molar-refractivity contribution in [1.82, 2.24) is 10.2 Å². The Labute approximate surface area is 131 Å². The molecule has 1 aromatic rings. The Morgan fingerprint density at radius 3 is 3.29 bits per heavy atom. The highest BCUT2D eigenvalue weighted by molar-refractivity contribution is 8.00. The standard InChI is InChI=1S/C16H25N3OS/c1-3-8-17-16(18-9-7-14-6-5-11-20-14)19-10-12-21-15(4-2)13-19/h3,5-6,11,15H,1,4,7-10,12-13H2,2H3,(H,17,18). The van der Waals surface area contributed by atoms with Crippen molar-refractivity contribution in [2.45, 2.75) is 25.0 Å². The van der Waals surface area contributed by atoms with Crippen molar-refractivity contribution >= 4 is 17.7 Å². The zero-order valence-corrected chi connectivity index (χ0v) is 13.6. The molecule has 1 aliphatic rings. The number of nitrogens with one attached hydrogen (secondary N) is 1. The first-order valence-electron chi connectivity index (χ1n) is 7.61. The Morgan fingerprint density at radius 1 is 1.67 bits per heavy atom. The van der Waals surface area contributed by atoms with Gasteiger partial charge in [0.1, 0.15) is 5.76 Å². The van der Waals surface area contributed by atoms with E-state index in [9.17, 15) is 0 Å². The first-order chi connectivity index (χ1) is 10.3. The third kappa shape index (κ3) is 5.16. The summed E-state index contributed by atoms with van der Waals surface area (Å²) in [6.45, 7) is 9.66. The summed E-state index contributed by atoms with van der Waals surface area (Å²) in [7, 11) is 0. The van der Waals surface area contributed by atoms with E-state index in [0.717, 1.165) is 44.3 Å². The molecule has 1 atom stereocenters. The van der Waals surface area contributed by atoms with Gasteiger partial charge < -0.3 is 14.6 Å². The fraction of sp³-hybridized carbons (Fsp3) is 0.562. The third-order valence-electron chi connectivity index (χ3n) is 3.50. The largest absolute Gasteiger partial charge is 0.469 e. The number of guanidine groups is 1. The van der Waals surface area contributed by atoms with E-state index in [1.165, 1.54) is 12.2 Å². The normalized spacial score (nSPS) is 19.6. The van der Waals surface area contributed by atoms with Crippen molar-refractivity contribution in [3.63, 3.8) is 0 Å². The van der Waals surface area contributed by atoms with Gasteiger partial charge >= 0.3 is 0 Å². The summed E-state index contributed by atoms with van der Waals surface area (Å²) < 4.78 is 5.35. The molecule has 5 heteroatoms. The molecule has 21 heavy (non-hydrogen) atoms. The number of hydrogen-bond donors (Lipinski definition) is 1. The van der Waals surface area contributed by atoms with Crippen molar-refractivity contribution in [3.05, 3.63) is 36.8 Å². The molecular weight excluding hydrogens is 282 g/mol. The maximum Gasteiger partial charge on any atom is 0.194 e. The number of hydrogen-bond acceptors (Lipinski definition) is 3. The van der Waals surface area contributed by atoms with Gasteiger partial charge in [-0.15, -0.1) is 6.58 Å². The first-order valence-corrected chi connectivity index (χ1v) is 8.66. The molecule has 1 aliphatic heterocycles. The Morgan fingerprint density at radius 2 is 2.57 bits per heavy atom. The highest BCUT2D eigenvalue weighted by atomic mass is 32.2. The number of nitrogens with zero attached hydrogens (tertiary/aromatic N) is 2. The van der Waals surface area contributed by atoms with E-state index in [2.05, 4.69) is 35.5 Å². The molecule has 1 N–H and O–H groups in total. The summed E-state index contributed by atoms with van der Waals surface area (Å²) in [5, 5.41) is 4.09. The lowest BCUT2D eigenvalue weighted by molar-refractivity contribution is 0.408. The Balaban J connectivity index is 1.93. The second-order valence-electron chi connectivity index (χ2n) is 5.05. The molecule has 0 aromatic carbocycles. The van der Waals surface area contributed by atoms with Gasteiger partial charge in [0.2, 0.25) is 0 Å². The molecule has 116 valence electrons. The molecule has 4 nitrogen and oxygen atoms in total. The van der Waals surface area contributed by atoms with Crippen LogP contribution in [-0.2, 0) is 6.42 Å². The highest BCUT2D eigenvalue weighted by Crippen LogP contribution is 2.21. The Bertz CT molecular complexity index is 444. The predicted molar refractivity (Wildman–Crippen MR) is 91.0 cm³/mol. The fourth-order valence-corrected chi connectivity index (χ4v) is 3.50. The molecular formula is C16H25N3OS. The number of thioether (sulfide) groups is 1. The van der Waals surface area contributed by atoms with Crippen LogP contribution in [0.4, 0.5) is 0 Å². The first kappa shape index (κ1) is 16.0. The molecule has 1 unspecified atom stereocenters. The molecule has 0 amide bonds. The smallest absolute Gasteiger partial charge is 0.194 e.